The highest BCUT2D eigenvalue weighted by Gasteiger charge is 2.47. The third kappa shape index (κ3) is 11.8. The van der Waals surface area contributed by atoms with Crippen LogP contribution in [-0.4, -0.2) is 121 Å². The number of terminal acetylenes is 1. The Morgan fingerprint density at radius 3 is 2.46 bits per heavy atom. The second kappa shape index (κ2) is 19.8. The molecule has 0 saturated carbocycles. The van der Waals surface area contributed by atoms with E-state index in [1.807, 2.05) is 0 Å². The van der Waals surface area contributed by atoms with Gasteiger partial charge >= 0.3 is 12.1 Å². The van der Waals surface area contributed by atoms with Crippen molar-refractivity contribution < 1.29 is 53.4 Å². The van der Waals surface area contributed by atoms with E-state index in [1.165, 1.54) is 6.08 Å². The minimum absolute atomic E-state index is 0.0227. The fraction of sp³-hybridized carbons (Fsp3) is 0.714. The predicted molar refractivity (Wildman–Crippen MR) is 176 cm³/mol. The van der Waals surface area contributed by atoms with Gasteiger partial charge in [0, 0.05) is 24.2 Å². The van der Waals surface area contributed by atoms with Crippen LogP contribution in [0.15, 0.2) is 23.8 Å². The number of aliphatic hydroxyl groups is 3. The van der Waals surface area contributed by atoms with Crippen molar-refractivity contribution in [2.75, 3.05) is 27.2 Å². The fourth-order valence-electron chi connectivity index (χ4n) is 6.26. The number of aldehydes is 1. The minimum Gasteiger partial charge on any atom is -0.462 e. The Balaban J connectivity index is 2.50. The van der Waals surface area contributed by atoms with Crippen LogP contribution >= 0.6 is 0 Å². The number of carbonyl (C=O) groups excluding carboxylic acids is 4. The third-order valence-electron chi connectivity index (χ3n) is 9.09. The van der Waals surface area contributed by atoms with Gasteiger partial charge in [-0.3, -0.25) is 9.59 Å². The number of amides is 1. The third-order valence-corrected chi connectivity index (χ3v) is 9.09. The number of allylic oxidation sites excluding steroid dienone is 3. The molecule has 1 saturated heterocycles. The summed E-state index contributed by atoms with van der Waals surface area (Å²) in [4.78, 5) is 52.3. The number of cyclic esters (lactones) is 1. The molecule has 0 aromatic carbocycles. The number of likely N-dealkylation sites (N-methyl/N-ethyl adjacent to an activating group) is 1. The average molecular weight is 679 g/mol. The highest BCUT2D eigenvalue weighted by atomic mass is 16.7. The van der Waals surface area contributed by atoms with Crippen LogP contribution in [0.25, 0.3) is 0 Å². The molecular weight excluding hydrogens is 624 g/mol. The average Bonchev–Trinajstić information content (AvgIpc) is 3.03. The van der Waals surface area contributed by atoms with E-state index in [4.69, 9.17) is 25.4 Å². The van der Waals surface area contributed by atoms with Crippen molar-refractivity contribution in [3.05, 3.63) is 23.8 Å². The number of ketones is 1. The summed E-state index contributed by atoms with van der Waals surface area (Å²) in [5.41, 5.74) is 0.657. The topological polar surface area (TPSA) is 181 Å². The van der Waals surface area contributed by atoms with Crippen molar-refractivity contribution in [3.63, 3.8) is 0 Å². The van der Waals surface area contributed by atoms with Crippen LogP contribution in [0.3, 0.4) is 0 Å². The van der Waals surface area contributed by atoms with Crippen LogP contribution < -0.4 is 5.32 Å². The first-order chi connectivity index (χ1) is 22.6. The summed E-state index contributed by atoms with van der Waals surface area (Å²) in [5, 5.41) is 35.7. The molecule has 0 unspecified atom stereocenters. The second-order valence-electron chi connectivity index (χ2n) is 13.1. The van der Waals surface area contributed by atoms with Gasteiger partial charge in [0.25, 0.3) is 0 Å². The molecule has 1 amide bonds. The van der Waals surface area contributed by atoms with Gasteiger partial charge in [-0.15, -0.1) is 6.42 Å². The Kier molecular flexibility index (Phi) is 16.9. The van der Waals surface area contributed by atoms with E-state index in [0.29, 0.717) is 18.3 Å². The number of nitrogens with zero attached hydrogens (tertiary/aromatic N) is 1. The number of nitrogens with one attached hydrogen (secondary N) is 1. The fourth-order valence-corrected chi connectivity index (χ4v) is 6.26. The van der Waals surface area contributed by atoms with Gasteiger partial charge in [0.2, 0.25) is 0 Å². The zero-order valence-electron chi connectivity index (χ0n) is 29.1. The molecule has 0 aromatic rings. The predicted octanol–water partition coefficient (Wildman–Crippen LogP) is 1.77. The number of hydrogen-bond donors (Lipinski definition) is 4. The molecule has 2 heterocycles. The molecule has 48 heavy (non-hydrogen) atoms. The highest BCUT2D eigenvalue weighted by Crippen LogP contribution is 2.34. The van der Waals surface area contributed by atoms with Crippen molar-refractivity contribution in [2.24, 2.45) is 23.7 Å². The van der Waals surface area contributed by atoms with Gasteiger partial charge in [0.1, 0.15) is 25.1 Å². The molecule has 270 valence electrons. The highest BCUT2D eigenvalue weighted by molar-refractivity contribution is 5.91. The molecule has 2 aliphatic heterocycles. The summed E-state index contributed by atoms with van der Waals surface area (Å²) in [5.74, 6) is -1.20. The molecule has 0 aliphatic carbocycles. The molecule has 13 nitrogen and oxygen atoms in total. The largest absolute Gasteiger partial charge is 0.462 e. The number of aliphatic hydroxyl groups excluding tert-OH is 3. The van der Waals surface area contributed by atoms with Crippen molar-refractivity contribution in [1.82, 2.24) is 10.2 Å². The molecule has 2 aliphatic rings. The number of ether oxygens (including phenoxy) is 4. The lowest BCUT2D eigenvalue weighted by Crippen LogP contribution is -2.63. The Hall–Kier alpha value is -3.12. The molecule has 0 spiro atoms. The lowest BCUT2D eigenvalue weighted by atomic mass is 9.79. The summed E-state index contributed by atoms with van der Waals surface area (Å²) in [7, 11) is 3.41. The molecule has 0 bridgehead atoms. The van der Waals surface area contributed by atoms with Crippen molar-refractivity contribution in [1.29, 1.82) is 0 Å². The standard InChI is InChI=1S/C35H54N2O11/c1-9-14-36-35(44)45-19-25-16-20(3)11-12-26(39)21(4)17-24(13-15-38)33(22(5)27(40)18-29(41)47-28(25)10-2)48-34-32(43)30(37(7)8)31(42)23(6)46-34/h1,11-12,15-16,21-25,27-28,30-34,40,42-43H,10,13-14,17-19H2,2-8H3,(H,36,44)/b12-11+,20-16+/t21-,22+,23-,24+,25-,27-,28-,30+,31-,32-,33-,34+/m1/s1. The van der Waals surface area contributed by atoms with E-state index in [9.17, 15) is 34.5 Å². The van der Waals surface area contributed by atoms with Gasteiger partial charge in [-0.05, 0) is 52.8 Å². The Morgan fingerprint density at radius 1 is 1.17 bits per heavy atom. The molecular formula is C35H54N2O11. The van der Waals surface area contributed by atoms with E-state index in [2.05, 4.69) is 11.2 Å². The molecule has 0 aromatic heterocycles. The number of esters is 1. The van der Waals surface area contributed by atoms with Gasteiger partial charge < -0.3 is 49.3 Å². The van der Waals surface area contributed by atoms with Crippen LogP contribution in [0, 0.1) is 36.0 Å². The van der Waals surface area contributed by atoms with Crippen molar-refractivity contribution >= 4 is 24.1 Å². The zero-order valence-corrected chi connectivity index (χ0v) is 29.1. The van der Waals surface area contributed by atoms with E-state index in [-0.39, 0.29) is 31.8 Å². The molecule has 0 radical (unpaired) electrons. The van der Waals surface area contributed by atoms with Gasteiger partial charge in [-0.1, -0.05) is 44.4 Å². The van der Waals surface area contributed by atoms with Crippen molar-refractivity contribution in [2.45, 2.75) is 109 Å². The van der Waals surface area contributed by atoms with E-state index < -0.39 is 91.1 Å². The number of rotatable bonds is 9. The minimum atomic E-state index is -1.32. The smallest absolute Gasteiger partial charge is 0.407 e. The molecule has 4 N–H and O–H groups in total. The monoisotopic (exact) mass is 678 g/mol. The number of alkyl carbamates (subject to hydrolysis) is 1. The van der Waals surface area contributed by atoms with Gasteiger partial charge in [0.15, 0.2) is 12.1 Å². The maximum absolute atomic E-state index is 13.3. The normalized spacial score (nSPS) is 37.4. The van der Waals surface area contributed by atoms with Gasteiger partial charge in [-0.25, -0.2) is 4.79 Å². The van der Waals surface area contributed by atoms with Gasteiger partial charge in [-0.2, -0.15) is 0 Å². The number of carbonyl (C=O) groups is 4. The van der Waals surface area contributed by atoms with E-state index >= 15 is 0 Å². The SMILES string of the molecule is C#CCNC(=O)OC[C@H]1/C=C(C)/C=C/C(=O)[C@H](C)C[C@H](CC=O)[C@H](O[C@@H]2O[C@H](C)[C@@H](O)[C@H](N(C)C)[C@H]2O)[C@@H](C)[C@H](O)CC(=O)O[C@@H]1CC. The lowest BCUT2D eigenvalue weighted by Gasteiger charge is -2.46. The summed E-state index contributed by atoms with van der Waals surface area (Å²) in [6.07, 6.45) is 2.75. The first-order valence-corrected chi connectivity index (χ1v) is 16.5. The molecule has 2 rings (SSSR count). The maximum atomic E-state index is 13.3. The first-order valence-electron chi connectivity index (χ1n) is 16.5. The summed E-state index contributed by atoms with van der Waals surface area (Å²) in [6, 6.07) is -0.738. The van der Waals surface area contributed by atoms with Crippen molar-refractivity contribution in [3.8, 4) is 12.3 Å². The Morgan fingerprint density at radius 2 is 1.85 bits per heavy atom. The van der Waals surface area contributed by atoms with E-state index in [0.717, 1.165) is 0 Å². The van der Waals surface area contributed by atoms with Crippen LogP contribution in [0.2, 0.25) is 0 Å². The maximum Gasteiger partial charge on any atom is 0.407 e. The van der Waals surface area contributed by atoms with Crippen LogP contribution in [0.1, 0.15) is 60.3 Å². The number of hydrogen-bond acceptors (Lipinski definition) is 12. The molecule has 1 fully saturated rings. The zero-order chi connectivity index (χ0) is 36.1. The van der Waals surface area contributed by atoms with Crippen LogP contribution in [0.5, 0.6) is 0 Å². The summed E-state index contributed by atoms with van der Waals surface area (Å²) < 4.78 is 23.4. The quantitative estimate of drug-likeness (QED) is 0.158. The lowest BCUT2D eigenvalue weighted by molar-refractivity contribution is -0.304. The second-order valence-corrected chi connectivity index (χ2v) is 13.1. The van der Waals surface area contributed by atoms with Crippen LogP contribution in [-0.2, 0) is 33.3 Å². The Labute approximate surface area is 284 Å². The Bertz CT molecular complexity index is 1180. The summed E-state index contributed by atoms with van der Waals surface area (Å²) in [6.45, 7) is 8.42. The van der Waals surface area contributed by atoms with E-state index in [1.54, 1.807) is 65.8 Å². The molecule has 12 atom stereocenters. The van der Waals surface area contributed by atoms with Gasteiger partial charge in [0.05, 0.1) is 43.4 Å². The summed E-state index contributed by atoms with van der Waals surface area (Å²) >= 11 is 0. The first kappa shape index (κ1) is 41.1. The van der Waals surface area contributed by atoms with Crippen LogP contribution in [0.4, 0.5) is 4.79 Å². The molecule has 13 heteroatoms.